The highest BCUT2D eigenvalue weighted by atomic mass is 35.5. The molecule has 1 aliphatic heterocycles. The fourth-order valence-corrected chi connectivity index (χ4v) is 5.91. The van der Waals surface area contributed by atoms with Crippen LogP contribution in [0.4, 0.5) is 5.69 Å². The molecule has 4 aromatic rings. The summed E-state index contributed by atoms with van der Waals surface area (Å²) in [6.07, 6.45) is 2.97. The molecule has 1 unspecified atom stereocenters. The predicted molar refractivity (Wildman–Crippen MR) is 173 cm³/mol. The first-order valence-corrected chi connectivity index (χ1v) is 14.3. The molecule has 44 heavy (non-hydrogen) atoms. The van der Waals surface area contributed by atoms with E-state index in [0.717, 1.165) is 10.5 Å². The minimum Gasteiger partial charge on any atom is -0.497 e. The first kappa shape index (κ1) is 32.8. The maximum Gasteiger partial charge on any atom is 0.262 e. The SMILES string of the molecule is CCN(C(=O)c1cccnc1)C(=O)c1ccc(Cl)c(C2(C)C(=O)N(Cc3ccc(OC)cc3OC)c3ccc(Cl)cc32)c1.Cl. The molecule has 228 valence electrons. The summed E-state index contributed by atoms with van der Waals surface area (Å²) >= 11 is 13.2. The number of fused-ring (bicyclic) bond motifs is 1. The van der Waals surface area contributed by atoms with Crippen LogP contribution in [0, 0.1) is 0 Å². The molecule has 0 aliphatic carbocycles. The summed E-state index contributed by atoms with van der Waals surface area (Å²) < 4.78 is 10.9. The van der Waals surface area contributed by atoms with Crippen molar-refractivity contribution >= 4 is 59.0 Å². The minimum atomic E-state index is -1.29. The molecule has 0 bridgehead atoms. The van der Waals surface area contributed by atoms with Gasteiger partial charge in [-0.2, -0.15) is 0 Å². The lowest BCUT2D eigenvalue weighted by Crippen LogP contribution is -2.40. The van der Waals surface area contributed by atoms with Gasteiger partial charge in [0.25, 0.3) is 11.8 Å². The molecular weight excluding hydrogens is 625 g/mol. The number of hydrogen-bond donors (Lipinski definition) is 0. The van der Waals surface area contributed by atoms with Crippen LogP contribution >= 0.6 is 35.6 Å². The summed E-state index contributed by atoms with van der Waals surface area (Å²) in [7, 11) is 3.13. The van der Waals surface area contributed by atoms with Gasteiger partial charge in [0.2, 0.25) is 5.91 Å². The molecule has 3 amide bonds. The van der Waals surface area contributed by atoms with Gasteiger partial charge < -0.3 is 14.4 Å². The van der Waals surface area contributed by atoms with Crippen molar-refractivity contribution < 1.29 is 23.9 Å². The van der Waals surface area contributed by atoms with E-state index < -0.39 is 17.2 Å². The lowest BCUT2D eigenvalue weighted by molar-refractivity contribution is -0.121. The van der Waals surface area contributed by atoms with E-state index in [1.807, 2.05) is 6.07 Å². The zero-order valence-corrected chi connectivity index (χ0v) is 26.8. The summed E-state index contributed by atoms with van der Waals surface area (Å²) in [5.41, 5.74) is 1.70. The molecule has 0 spiro atoms. The van der Waals surface area contributed by atoms with Gasteiger partial charge in [0.1, 0.15) is 16.9 Å². The van der Waals surface area contributed by atoms with E-state index in [2.05, 4.69) is 4.98 Å². The smallest absolute Gasteiger partial charge is 0.262 e. The summed E-state index contributed by atoms with van der Waals surface area (Å²) in [6, 6.07) is 18.6. The zero-order valence-electron chi connectivity index (χ0n) is 24.5. The number of aromatic nitrogens is 1. The molecule has 0 saturated heterocycles. The molecule has 0 fully saturated rings. The third-order valence-corrected chi connectivity index (χ3v) is 8.32. The number of benzene rings is 3. The fraction of sp³-hybridized carbons (Fsp3) is 0.212. The van der Waals surface area contributed by atoms with E-state index in [9.17, 15) is 14.4 Å². The second-order valence-corrected chi connectivity index (χ2v) is 11.0. The lowest BCUT2D eigenvalue weighted by Gasteiger charge is -2.27. The van der Waals surface area contributed by atoms with Crippen LogP contribution in [-0.4, -0.2) is 48.4 Å². The third kappa shape index (κ3) is 5.73. The standard InChI is InChI=1S/C33H29Cl2N3O5.ClH/c1-5-37(31(40)21-7-6-14-36-18-21)30(39)20-9-12-27(35)25(15-20)33(2)26-16-23(34)10-13-28(26)38(32(33)41)19-22-8-11-24(42-3)17-29(22)43-4;/h6-18H,5,19H2,1-4H3;1H. The van der Waals surface area contributed by atoms with Crippen LogP contribution in [0.3, 0.4) is 0 Å². The van der Waals surface area contributed by atoms with Crippen molar-refractivity contribution in [3.63, 3.8) is 0 Å². The second kappa shape index (κ2) is 13.3. The predicted octanol–water partition coefficient (Wildman–Crippen LogP) is 6.98. The summed E-state index contributed by atoms with van der Waals surface area (Å²) in [4.78, 5) is 48.1. The molecule has 0 saturated carbocycles. The van der Waals surface area contributed by atoms with Crippen LogP contribution < -0.4 is 14.4 Å². The number of rotatable bonds is 8. The van der Waals surface area contributed by atoms with Crippen molar-refractivity contribution in [3.8, 4) is 11.5 Å². The Labute approximate surface area is 271 Å². The molecule has 3 aromatic carbocycles. The molecule has 5 rings (SSSR count). The molecule has 1 aromatic heterocycles. The highest BCUT2D eigenvalue weighted by Gasteiger charge is 2.50. The van der Waals surface area contributed by atoms with Crippen LogP contribution in [0.1, 0.15) is 51.3 Å². The number of carbonyl (C=O) groups is 3. The van der Waals surface area contributed by atoms with Crippen molar-refractivity contribution in [1.82, 2.24) is 9.88 Å². The monoisotopic (exact) mass is 653 g/mol. The van der Waals surface area contributed by atoms with Gasteiger partial charge in [-0.15, -0.1) is 12.4 Å². The van der Waals surface area contributed by atoms with Gasteiger partial charge in [0.05, 0.1) is 26.3 Å². The Morgan fingerprint density at radius 2 is 1.68 bits per heavy atom. The molecule has 1 aliphatic rings. The summed E-state index contributed by atoms with van der Waals surface area (Å²) in [5, 5.41) is 0.744. The van der Waals surface area contributed by atoms with Gasteiger partial charge in [0.15, 0.2) is 0 Å². The Bertz CT molecular complexity index is 1730. The number of pyridine rings is 1. The molecule has 0 radical (unpaired) electrons. The number of ether oxygens (including phenoxy) is 2. The number of amides is 3. The molecule has 2 heterocycles. The van der Waals surface area contributed by atoms with Crippen LogP contribution in [0.2, 0.25) is 10.0 Å². The number of halogens is 3. The molecule has 8 nitrogen and oxygen atoms in total. The van der Waals surface area contributed by atoms with Crippen molar-refractivity contribution in [2.45, 2.75) is 25.8 Å². The van der Waals surface area contributed by atoms with E-state index in [4.69, 9.17) is 32.7 Å². The normalized spacial score (nSPS) is 15.3. The van der Waals surface area contributed by atoms with Crippen molar-refractivity contribution in [2.24, 2.45) is 0 Å². The Balaban J connectivity index is 0.00000442. The van der Waals surface area contributed by atoms with Gasteiger partial charge in [-0.25, -0.2) is 0 Å². The highest BCUT2D eigenvalue weighted by molar-refractivity contribution is 6.33. The number of hydrogen-bond acceptors (Lipinski definition) is 6. The molecular formula is C33H30Cl3N3O5. The average molecular weight is 655 g/mol. The Kier molecular flexibility index (Phi) is 9.88. The maximum atomic E-state index is 14.4. The quantitative estimate of drug-likeness (QED) is 0.191. The molecule has 0 N–H and O–H groups in total. The maximum absolute atomic E-state index is 14.4. The Morgan fingerprint density at radius 3 is 2.34 bits per heavy atom. The minimum absolute atomic E-state index is 0. The third-order valence-electron chi connectivity index (χ3n) is 7.75. The molecule has 11 heteroatoms. The largest absolute Gasteiger partial charge is 0.497 e. The lowest BCUT2D eigenvalue weighted by atomic mass is 9.76. The van der Waals surface area contributed by atoms with Crippen LogP contribution in [-0.2, 0) is 16.8 Å². The highest BCUT2D eigenvalue weighted by Crippen LogP contribution is 2.49. The fourth-order valence-electron chi connectivity index (χ4n) is 5.43. The van der Waals surface area contributed by atoms with Gasteiger partial charge in [-0.1, -0.05) is 23.2 Å². The number of imide groups is 1. The van der Waals surface area contributed by atoms with Gasteiger partial charge in [0, 0.05) is 51.9 Å². The van der Waals surface area contributed by atoms with E-state index in [1.54, 1.807) is 99.8 Å². The van der Waals surface area contributed by atoms with E-state index >= 15 is 0 Å². The number of anilines is 1. The summed E-state index contributed by atoms with van der Waals surface area (Å²) in [6.45, 7) is 3.82. The van der Waals surface area contributed by atoms with E-state index in [1.165, 1.54) is 6.20 Å². The number of methoxy groups -OCH3 is 2. The Hall–Kier alpha value is -4.11. The van der Waals surface area contributed by atoms with E-state index in [-0.39, 0.29) is 42.5 Å². The van der Waals surface area contributed by atoms with E-state index in [0.29, 0.717) is 38.4 Å². The topological polar surface area (TPSA) is 89.0 Å². The number of carbonyl (C=O) groups excluding carboxylic acids is 3. The first-order chi connectivity index (χ1) is 20.6. The Morgan fingerprint density at radius 1 is 0.932 bits per heavy atom. The van der Waals surface area contributed by atoms with Gasteiger partial charge >= 0.3 is 0 Å². The van der Waals surface area contributed by atoms with Crippen molar-refractivity contribution in [2.75, 3.05) is 25.7 Å². The first-order valence-electron chi connectivity index (χ1n) is 13.5. The summed E-state index contributed by atoms with van der Waals surface area (Å²) in [5.74, 6) is -0.0547. The van der Waals surface area contributed by atoms with Crippen molar-refractivity contribution in [1.29, 1.82) is 0 Å². The van der Waals surface area contributed by atoms with Crippen LogP contribution in [0.25, 0.3) is 0 Å². The van der Waals surface area contributed by atoms with Gasteiger partial charge in [-0.3, -0.25) is 24.3 Å². The average Bonchev–Trinajstić information content (AvgIpc) is 3.23. The molecule has 1 atom stereocenters. The second-order valence-electron chi connectivity index (χ2n) is 10.1. The van der Waals surface area contributed by atoms with Crippen molar-refractivity contribution in [3.05, 3.63) is 117 Å². The zero-order chi connectivity index (χ0) is 30.9. The van der Waals surface area contributed by atoms with Gasteiger partial charge in [-0.05, 0) is 85.6 Å². The number of nitrogens with zero attached hydrogens (tertiary/aromatic N) is 3. The van der Waals surface area contributed by atoms with Crippen LogP contribution in [0.15, 0.2) is 79.1 Å². The van der Waals surface area contributed by atoms with Crippen LogP contribution in [0.5, 0.6) is 11.5 Å².